The molecule has 1 fully saturated rings. The highest BCUT2D eigenvalue weighted by molar-refractivity contribution is 9.10. The van der Waals surface area contributed by atoms with Crippen molar-refractivity contribution in [2.45, 2.75) is 32.3 Å². The van der Waals surface area contributed by atoms with Gasteiger partial charge >= 0.3 is 0 Å². The quantitative estimate of drug-likeness (QED) is 0.781. The highest BCUT2D eigenvalue weighted by atomic mass is 79.9. The van der Waals surface area contributed by atoms with E-state index >= 15 is 0 Å². The molecule has 1 aliphatic heterocycles. The molecule has 0 amide bonds. The van der Waals surface area contributed by atoms with Crippen LogP contribution in [0.15, 0.2) is 28.7 Å². The summed E-state index contributed by atoms with van der Waals surface area (Å²) in [6.45, 7) is 8.81. The average molecular weight is 382 g/mol. The topological polar surface area (TPSA) is 38.2 Å². The van der Waals surface area contributed by atoms with Crippen molar-refractivity contribution in [1.29, 1.82) is 0 Å². The molecule has 1 atom stereocenters. The summed E-state index contributed by atoms with van der Waals surface area (Å²) in [6.07, 6.45) is 0.0771. The van der Waals surface area contributed by atoms with E-state index in [2.05, 4.69) is 58.1 Å². The Bertz CT molecular complexity index is 653. The van der Waals surface area contributed by atoms with Crippen LogP contribution in [0.2, 0.25) is 0 Å². The maximum atomic E-state index is 5.94. The van der Waals surface area contributed by atoms with Gasteiger partial charge in [-0.05, 0) is 17.7 Å². The molecule has 1 saturated heterocycles. The third kappa shape index (κ3) is 3.50. The first-order chi connectivity index (χ1) is 10.4. The van der Waals surface area contributed by atoms with Crippen molar-refractivity contribution in [2.75, 3.05) is 24.6 Å². The molecule has 4 nitrogen and oxygen atoms in total. The van der Waals surface area contributed by atoms with E-state index in [4.69, 9.17) is 9.72 Å². The van der Waals surface area contributed by atoms with Crippen LogP contribution in [0.4, 0.5) is 5.13 Å². The standard InChI is InChI=1S/C16H20BrN3OS/c1-16(2,3)14-18-15(22-19-14)20-7-8-21-13(10-20)11-5-4-6-12(17)9-11/h4-6,9,13H,7-8,10H2,1-3H3. The first-order valence-corrected chi connectivity index (χ1v) is 8.96. The molecule has 1 aromatic carbocycles. The summed E-state index contributed by atoms with van der Waals surface area (Å²) in [6, 6.07) is 8.31. The fraction of sp³-hybridized carbons (Fsp3) is 0.500. The lowest BCUT2D eigenvalue weighted by molar-refractivity contribution is 0.0397. The molecular weight excluding hydrogens is 362 g/mol. The molecule has 0 radical (unpaired) electrons. The second-order valence-corrected chi connectivity index (χ2v) is 8.16. The molecule has 1 aromatic heterocycles. The highest BCUT2D eigenvalue weighted by Gasteiger charge is 2.26. The van der Waals surface area contributed by atoms with Crippen molar-refractivity contribution in [1.82, 2.24) is 9.36 Å². The summed E-state index contributed by atoms with van der Waals surface area (Å²) in [5, 5.41) is 0.994. The van der Waals surface area contributed by atoms with Crippen LogP contribution in [0, 0.1) is 0 Å². The molecule has 0 aliphatic carbocycles. The van der Waals surface area contributed by atoms with Gasteiger partial charge in [-0.1, -0.05) is 48.8 Å². The van der Waals surface area contributed by atoms with Crippen molar-refractivity contribution in [3.63, 3.8) is 0 Å². The molecule has 1 unspecified atom stereocenters. The first-order valence-electron chi connectivity index (χ1n) is 7.40. The van der Waals surface area contributed by atoms with Crippen LogP contribution < -0.4 is 4.90 Å². The molecule has 118 valence electrons. The van der Waals surface area contributed by atoms with Crippen molar-refractivity contribution in [3.8, 4) is 0 Å². The van der Waals surface area contributed by atoms with E-state index in [-0.39, 0.29) is 11.5 Å². The van der Waals surface area contributed by atoms with Crippen LogP contribution in [-0.2, 0) is 10.2 Å². The molecule has 22 heavy (non-hydrogen) atoms. The van der Waals surface area contributed by atoms with Crippen LogP contribution in [-0.4, -0.2) is 29.1 Å². The molecule has 0 N–H and O–H groups in total. The Kier molecular flexibility index (Phi) is 4.52. The van der Waals surface area contributed by atoms with E-state index in [1.165, 1.54) is 17.1 Å². The van der Waals surface area contributed by atoms with E-state index in [1.807, 2.05) is 12.1 Å². The van der Waals surface area contributed by atoms with E-state index in [0.29, 0.717) is 6.61 Å². The zero-order valence-corrected chi connectivity index (χ0v) is 15.4. The van der Waals surface area contributed by atoms with Gasteiger partial charge in [-0.25, -0.2) is 4.98 Å². The molecule has 6 heteroatoms. The smallest absolute Gasteiger partial charge is 0.205 e. The first kappa shape index (κ1) is 15.9. The highest BCUT2D eigenvalue weighted by Crippen LogP contribution is 2.30. The Morgan fingerprint density at radius 2 is 2.18 bits per heavy atom. The summed E-state index contributed by atoms with van der Waals surface area (Å²) < 4.78 is 11.5. The van der Waals surface area contributed by atoms with Gasteiger partial charge < -0.3 is 9.64 Å². The molecular formula is C16H20BrN3OS. The molecule has 0 spiro atoms. The number of nitrogens with zero attached hydrogens (tertiary/aromatic N) is 3. The van der Waals surface area contributed by atoms with Gasteiger partial charge in [0.2, 0.25) is 5.13 Å². The number of rotatable bonds is 2. The van der Waals surface area contributed by atoms with Gasteiger partial charge in [-0.2, -0.15) is 4.37 Å². The number of ether oxygens (including phenoxy) is 1. The lowest BCUT2D eigenvalue weighted by atomic mass is 9.96. The number of hydrogen-bond acceptors (Lipinski definition) is 5. The second-order valence-electron chi connectivity index (χ2n) is 6.51. The molecule has 0 bridgehead atoms. The van der Waals surface area contributed by atoms with Crippen LogP contribution in [0.5, 0.6) is 0 Å². The minimum absolute atomic E-state index is 0.00919. The largest absolute Gasteiger partial charge is 0.370 e. The van der Waals surface area contributed by atoms with E-state index < -0.39 is 0 Å². The fourth-order valence-corrected chi connectivity index (χ4v) is 3.69. The zero-order valence-electron chi connectivity index (χ0n) is 13.0. The van der Waals surface area contributed by atoms with E-state index in [0.717, 1.165) is 28.5 Å². The van der Waals surface area contributed by atoms with Crippen molar-refractivity contribution in [2.24, 2.45) is 0 Å². The number of aromatic nitrogens is 2. The van der Waals surface area contributed by atoms with Crippen molar-refractivity contribution in [3.05, 3.63) is 40.1 Å². The Hall–Kier alpha value is -0.980. The van der Waals surface area contributed by atoms with Crippen LogP contribution in [0.3, 0.4) is 0 Å². The van der Waals surface area contributed by atoms with Crippen molar-refractivity contribution < 1.29 is 4.74 Å². The van der Waals surface area contributed by atoms with Gasteiger partial charge in [0.25, 0.3) is 0 Å². The van der Waals surface area contributed by atoms with E-state index in [9.17, 15) is 0 Å². The molecule has 1 aliphatic rings. The number of hydrogen-bond donors (Lipinski definition) is 0. The van der Waals surface area contributed by atoms with Gasteiger partial charge in [0.15, 0.2) is 0 Å². The maximum Gasteiger partial charge on any atom is 0.205 e. The Balaban J connectivity index is 1.77. The second kappa shape index (κ2) is 6.26. The SMILES string of the molecule is CC(C)(C)c1nsc(N2CCOC(c3cccc(Br)c3)C2)n1. The molecule has 2 aromatic rings. The summed E-state index contributed by atoms with van der Waals surface area (Å²) >= 11 is 5.01. The average Bonchev–Trinajstić information content (AvgIpc) is 2.97. The third-order valence-corrected chi connectivity index (χ3v) is 4.91. The summed E-state index contributed by atoms with van der Waals surface area (Å²) in [4.78, 5) is 7.00. The summed E-state index contributed by atoms with van der Waals surface area (Å²) in [5.74, 6) is 0.915. The number of anilines is 1. The Morgan fingerprint density at radius 1 is 1.36 bits per heavy atom. The van der Waals surface area contributed by atoms with Crippen molar-refractivity contribution >= 4 is 32.6 Å². The third-order valence-electron chi connectivity index (χ3n) is 3.64. The summed E-state index contributed by atoms with van der Waals surface area (Å²) in [5.41, 5.74) is 1.18. The van der Waals surface area contributed by atoms with Gasteiger partial charge in [0, 0.05) is 28.0 Å². The number of benzene rings is 1. The Morgan fingerprint density at radius 3 is 2.86 bits per heavy atom. The molecule has 2 heterocycles. The predicted octanol–water partition coefficient (Wildman–Crippen LogP) is 4.18. The molecule has 3 rings (SSSR count). The zero-order chi connectivity index (χ0) is 15.7. The monoisotopic (exact) mass is 381 g/mol. The van der Waals surface area contributed by atoms with Gasteiger partial charge in [0.05, 0.1) is 13.2 Å². The lowest BCUT2D eigenvalue weighted by Gasteiger charge is -2.32. The van der Waals surface area contributed by atoms with Gasteiger partial charge in [-0.3, -0.25) is 0 Å². The van der Waals surface area contributed by atoms with Crippen LogP contribution in [0.25, 0.3) is 0 Å². The molecule has 0 saturated carbocycles. The minimum atomic E-state index is -0.00919. The van der Waals surface area contributed by atoms with Crippen LogP contribution >= 0.6 is 27.5 Å². The fourth-order valence-electron chi connectivity index (χ4n) is 2.38. The Labute approximate surface area is 143 Å². The maximum absolute atomic E-state index is 5.94. The van der Waals surface area contributed by atoms with E-state index in [1.54, 1.807) is 0 Å². The predicted molar refractivity (Wildman–Crippen MR) is 93.7 cm³/mol. The number of morpholine rings is 1. The minimum Gasteiger partial charge on any atom is -0.370 e. The van der Waals surface area contributed by atoms with Crippen LogP contribution in [0.1, 0.15) is 38.3 Å². The van der Waals surface area contributed by atoms with Gasteiger partial charge in [-0.15, -0.1) is 0 Å². The van der Waals surface area contributed by atoms with Gasteiger partial charge in [0.1, 0.15) is 11.9 Å². The normalized spacial score (nSPS) is 19.5. The number of halogens is 1. The summed E-state index contributed by atoms with van der Waals surface area (Å²) in [7, 11) is 0. The lowest BCUT2D eigenvalue weighted by Crippen LogP contribution is -2.38.